The lowest BCUT2D eigenvalue weighted by Gasteiger charge is -2.07. The monoisotopic (exact) mass is 285 g/mol. The Morgan fingerprint density at radius 2 is 2.10 bits per heavy atom. The summed E-state index contributed by atoms with van der Waals surface area (Å²) in [6.07, 6.45) is 1.40. The smallest absolute Gasteiger partial charge is 0.350 e. The SMILES string of the molecule is CC(=O)Oc1ccccc1-c1nc2c(cnn2C)c(=O)o1. The van der Waals surface area contributed by atoms with Crippen molar-refractivity contribution in [1.82, 2.24) is 14.8 Å². The zero-order valence-corrected chi connectivity index (χ0v) is 11.4. The van der Waals surface area contributed by atoms with Gasteiger partial charge >= 0.3 is 11.6 Å². The van der Waals surface area contributed by atoms with Gasteiger partial charge in [-0.25, -0.2) is 4.79 Å². The molecule has 21 heavy (non-hydrogen) atoms. The Bertz CT molecular complexity index is 895. The largest absolute Gasteiger partial charge is 0.426 e. The topological polar surface area (TPSA) is 87.2 Å². The van der Waals surface area contributed by atoms with Crippen LogP contribution in [-0.4, -0.2) is 20.7 Å². The molecule has 0 unspecified atom stereocenters. The first-order chi connectivity index (χ1) is 10.1. The van der Waals surface area contributed by atoms with Gasteiger partial charge in [-0.1, -0.05) is 12.1 Å². The number of aromatic nitrogens is 3. The van der Waals surface area contributed by atoms with Gasteiger partial charge in [0.25, 0.3) is 0 Å². The number of hydrogen-bond acceptors (Lipinski definition) is 6. The molecule has 0 saturated heterocycles. The lowest BCUT2D eigenvalue weighted by molar-refractivity contribution is -0.131. The summed E-state index contributed by atoms with van der Waals surface area (Å²) >= 11 is 0. The number of esters is 1. The van der Waals surface area contributed by atoms with Crippen LogP contribution in [0, 0.1) is 0 Å². The summed E-state index contributed by atoms with van der Waals surface area (Å²) in [5.41, 5.74) is 0.285. The molecule has 0 saturated carbocycles. The van der Waals surface area contributed by atoms with Crippen molar-refractivity contribution in [3.8, 4) is 17.2 Å². The van der Waals surface area contributed by atoms with Crippen molar-refractivity contribution < 1.29 is 13.9 Å². The third-order valence-electron chi connectivity index (χ3n) is 2.90. The van der Waals surface area contributed by atoms with Gasteiger partial charge in [0.15, 0.2) is 5.65 Å². The average Bonchev–Trinajstić information content (AvgIpc) is 2.81. The van der Waals surface area contributed by atoms with E-state index < -0.39 is 11.6 Å². The molecule has 0 fully saturated rings. The second-order valence-electron chi connectivity index (χ2n) is 4.40. The Morgan fingerprint density at radius 3 is 2.86 bits per heavy atom. The van der Waals surface area contributed by atoms with E-state index in [9.17, 15) is 9.59 Å². The summed E-state index contributed by atoms with van der Waals surface area (Å²) in [6, 6.07) is 6.71. The summed E-state index contributed by atoms with van der Waals surface area (Å²) in [7, 11) is 1.68. The van der Waals surface area contributed by atoms with Gasteiger partial charge in [0.2, 0.25) is 5.89 Å². The van der Waals surface area contributed by atoms with Gasteiger partial charge in [0, 0.05) is 14.0 Å². The number of ether oxygens (including phenoxy) is 1. The minimum atomic E-state index is -0.541. The van der Waals surface area contributed by atoms with Crippen LogP contribution >= 0.6 is 0 Å². The van der Waals surface area contributed by atoms with Gasteiger partial charge in [-0.05, 0) is 12.1 Å². The van der Waals surface area contributed by atoms with Crippen molar-refractivity contribution in [2.75, 3.05) is 0 Å². The number of hydrogen-bond donors (Lipinski definition) is 0. The lowest BCUT2D eigenvalue weighted by atomic mass is 10.2. The first-order valence-electron chi connectivity index (χ1n) is 6.17. The third kappa shape index (κ3) is 2.29. The molecule has 7 heteroatoms. The van der Waals surface area contributed by atoms with Gasteiger partial charge in [-0.2, -0.15) is 10.1 Å². The molecule has 0 aliphatic rings. The maximum Gasteiger partial charge on any atom is 0.350 e. The van der Waals surface area contributed by atoms with Crippen LogP contribution < -0.4 is 10.4 Å². The highest BCUT2D eigenvalue weighted by Gasteiger charge is 2.15. The number of aryl methyl sites for hydroxylation is 1. The number of fused-ring (bicyclic) bond motifs is 1. The molecule has 1 aromatic carbocycles. The van der Waals surface area contributed by atoms with Crippen LogP contribution in [0.4, 0.5) is 0 Å². The Labute approximate surface area is 118 Å². The molecule has 2 heterocycles. The number of carbonyl (C=O) groups excluding carboxylic acids is 1. The van der Waals surface area contributed by atoms with Crippen LogP contribution in [0.5, 0.6) is 5.75 Å². The highest BCUT2D eigenvalue weighted by Crippen LogP contribution is 2.28. The molecular formula is C14H11N3O4. The van der Waals surface area contributed by atoms with Gasteiger partial charge < -0.3 is 9.15 Å². The highest BCUT2D eigenvalue weighted by molar-refractivity contribution is 5.77. The second-order valence-corrected chi connectivity index (χ2v) is 4.40. The minimum Gasteiger partial charge on any atom is -0.426 e. The van der Waals surface area contributed by atoms with Crippen molar-refractivity contribution in [1.29, 1.82) is 0 Å². The number of nitrogens with zero attached hydrogens (tertiary/aromatic N) is 3. The molecule has 0 bridgehead atoms. The van der Waals surface area contributed by atoms with Crippen molar-refractivity contribution >= 4 is 17.0 Å². The van der Waals surface area contributed by atoms with E-state index in [1.807, 2.05) is 0 Å². The number of carbonyl (C=O) groups is 1. The highest BCUT2D eigenvalue weighted by atomic mass is 16.5. The third-order valence-corrected chi connectivity index (χ3v) is 2.90. The zero-order valence-electron chi connectivity index (χ0n) is 11.4. The molecule has 2 aromatic heterocycles. The molecule has 0 aliphatic carbocycles. The fourth-order valence-corrected chi connectivity index (χ4v) is 1.97. The summed E-state index contributed by atoms with van der Waals surface area (Å²) in [5, 5.41) is 4.27. The van der Waals surface area contributed by atoms with Crippen molar-refractivity contribution in [2.24, 2.45) is 7.05 Å². The Kier molecular flexibility index (Phi) is 3.02. The molecule has 0 N–H and O–H groups in total. The van der Waals surface area contributed by atoms with Crippen molar-refractivity contribution in [3.63, 3.8) is 0 Å². The normalized spacial score (nSPS) is 10.8. The van der Waals surface area contributed by atoms with E-state index in [0.717, 1.165) is 0 Å². The van der Waals surface area contributed by atoms with Crippen LogP contribution in [0.25, 0.3) is 22.5 Å². The van der Waals surface area contributed by atoms with Crippen LogP contribution in [0.15, 0.2) is 39.7 Å². The molecule has 3 aromatic rings. The molecule has 0 atom stereocenters. The van der Waals surface area contributed by atoms with Gasteiger partial charge in [0.1, 0.15) is 11.1 Å². The van der Waals surface area contributed by atoms with E-state index in [2.05, 4.69) is 10.1 Å². The van der Waals surface area contributed by atoms with E-state index >= 15 is 0 Å². The lowest BCUT2D eigenvalue weighted by Crippen LogP contribution is -2.06. The van der Waals surface area contributed by atoms with E-state index in [4.69, 9.17) is 9.15 Å². The van der Waals surface area contributed by atoms with E-state index in [1.54, 1.807) is 31.3 Å². The fourth-order valence-electron chi connectivity index (χ4n) is 1.97. The van der Waals surface area contributed by atoms with E-state index in [0.29, 0.717) is 16.6 Å². The maximum atomic E-state index is 12.0. The first-order valence-corrected chi connectivity index (χ1v) is 6.17. The predicted molar refractivity (Wildman–Crippen MR) is 73.8 cm³/mol. The number of para-hydroxylation sites is 1. The molecule has 3 rings (SSSR count). The molecule has 7 nitrogen and oxygen atoms in total. The second kappa shape index (κ2) is 4.86. The number of rotatable bonds is 2. The summed E-state index contributed by atoms with van der Waals surface area (Å²) < 4.78 is 11.8. The van der Waals surface area contributed by atoms with Crippen LogP contribution in [0.2, 0.25) is 0 Å². The summed E-state index contributed by atoms with van der Waals surface area (Å²) in [4.78, 5) is 27.4. The zero-order chi connectivity index (χ0) is 15.0. The van der Waals surface area contributed by atoms with Crippen molar-refractivity contribution in [2.45, 2.75) is 6.92 Å². The van der Waals surface area contributed by atoms with Crippen LogP contribution in [-0.2, 0) is 11.8 Å². The molecule has 0 aliphatic heterocycles. The predicted octanol–water partition coefficient (Wildman–Crippen LogP) is 1.51. The van der Waals surface area contributed by atoms with Gasteiger partial charge in [-0.3, -0.25) is 9.48 Å². The molecule has 0 radical (unpaired) electrons. The van der Waals surface area contributed by atoms with E-state index in [1.165, 1.54) is 17.8 Å². The van der Waals surface area contributed by atoms with Crippen molar-refractivity contribution in [3.05, 3.63) is 40.9 Å². The Balaban J connectivity index is 2.23. The summed E-state index contributed by atoms with van der Waals surface area (Å²) in [5.74, 6) is -0.110. The van der Waals surface area contributed by atoms with E-state index in [-0.39, 0.29) is 11.6 Å². The first kappa shape index (κ1) is 13.0. The average molecular weight is 285 g/mol. The minimum absolute atomic E-state index is 0.0768. The standard InChI is InChI=1S/C14H11N3O4/c1-8(18)20-11-6-4-3-5-9(11)13-16-12-10(14(19)21-13)7-15-17(12)2/h3-7H,1-2H3. The molecular weight excluding hydrogens is 274 g/mol. The summed E-state index contributed by atoms with van der Waals surface area (Å²) in [6.45, 7) is 1.30. The fraction of sp³-hybridized carbons (Fsp3) is 0.143. The van der Waals surface area contributed by atoms with Crippen LogP contribution in [0.1, 0.15) is 6.92 Å². The molecule has 106 valence electrons. The quantitative estimate of drug-likeness (QED) is 0.524. The van der Waals surface area contributed by atoms with Gasteiger partial charge in [-0.15, -0.1) is 0 Å². The molecule has 0 amide bonds. The van der Waals surface area contributed by atoms with Crippen LogP contribution in [0.3, 0.4) is 0 Å². The van der Waals surface area contributed by atoms with Gasteiger partial charge in [0.05, 0.1) is 11.8 Å². The molecule has 0 spiro atoms. The Morgan fingerprint density at radius 1 is 1.33 bits per heavy atom. The maximum absolute atomic E-state index is 12.0. The Hall–Kier alpha value is -2.96. The number of benzene rings is 1.